The Kier molecular flexibility index (Phi) is 22.9. The number of piperidine rings is 2. The third-order valence-electron chi connectivity index (χ3n) is 18.0. The van der Waals surface area contributed by atoms with Gasteiger partial charge in [0, 0.05) is 38.3 Å². The molecule has 0 bridgehead atoms. The molecule has 3 N–H and O–H groups in total. The summed E-state index contributed by atoms with van der Waals surface area (Å²) in [5.74, 6) is 3.15. The fourth-order valence-electron chi connectivity index (χ4n) is 13.6. The van der Waals surface area contributed by atoms with Crippen molar-refractivity contribution >= 4 is 60.5 Å². The zero-order valence-electron chi connectivity index (χ0n) is 46.0. The van der Waals surface area contributed by atoms with Crippen LogP contribution in [0, 0.1) is 23.7 Å². The Morgan fingerprint density at radius 3 is 1.42 bits per heavy atom. The van der Waals surface area contributed by atoms with Gasteiger partial charge in [0.25, 0.3) is 0 Å². The molecule has 14 nitrogen and oxygen atoms in total. The number of sulfonamides is 2. The van der Waals surface area contributed by atoms with Crippen LogP contribution in [0.2, 0.25) is 0 Å². The van der Waals surface area contributed by atoms with Crippen LogP contribution in [0.25, 0.3) is 0 Å². The van der Waals surface area contributed by atoms with Crippen molar-refractivity contribution in [3.8, 4) is 0 Å². The van der Waals surface area contributed by atoms with Crippen LogP contribution in [0.5, 0.6) is 0 Å². The van der Waals surface area contributed by atoms with Crippen LogP contribution < -0.4 is 9.86 Å². The zero-order chi connectivity index (χ0) is 54.7. The molecule has 0 radical (unpaired) electrons. The molecule has 6 aliphatic rings. The number of hydrogen-bond donors (Lipinski definition) is 2. The zero-order valence-corrected chi connectivity index (χ0v) is 49.8. The van der Waals surface area contributed by atoms with Gasteiger partial charge in [-0.2, -0.15) is 0 Å². The quantitative estimate of drug-likeness (QED) is 0.110. The van der Waals surface area contributed by atoms with E-state index in [-0.39, 0.29) is 43.8 Å². The van der Waals surface area contributed by atoms with Gasteiger partial charge in [-0.1, -0.05) is 137 Å². The van der Waals surface area contributed by atoms with Crippen LogP contribution in [-0.2, 0) is 64.9 Å². The van der Waals surface area contributed by atoms with E-state index in [1.165, 1.54) is 62.5 Å². The highest BCUT2D eigenvalue weighted by molar-refractivity contribution is 14.1. The number of carbonyl (C=O) groups is 3. The van der Waals surface area contributed by atoms with Crippen LogP contribution >= 0.6 is 22.6 Å². The molecule has 2 saturated heterocycles. The normalized spacial score (nSPS) is 23.4. The first kappa shape index (κ1) is 62.6. The van der Waals surface area contributed by atoms with Gasteiger partial charge >= 0.3 is 6.09 Å². The average molecular weight is 1220 g/mol. The summed E-state index contributed by atoms with van der Waals surface area (Å²) in [5, 5.41) is 5.17. The van der Waals surface area contributed by atoms with Crippen molar-refractivity contribution in [3.63, 3.8) is 0 Å². The molecule has 4 aliphatic heterocycles. The number of nitrogens with two attached hydrogens (primary N) is 1. The number of alkyl halides is 1. The molecule has 2 aliphatic carbocycles. The Morgan fingerprint density at radius 1 is 0.623 bits per heavy atom. The van der Waals surface area contributed by atoms with E-state index in [4.69, 9.17) is 9.88 Å². The van der Waals surface area contributed by atoms with Crippen LogP contribution in [0.1, 0.15) is 153 Å². The second-order valence-corrected chi connectivity index (χ2v) is 26.8. The summed E-state index contributed by atoms with van der Waals surface area (Å²) < 4.78 is 55.0. The Balaban J connectivity index is 0.000000247. The van der Waals surface area contributed by atoms with E-state index in [2.05, 4.69) is 84.4 Å². The topological polar surface area (TPSA) is 180 Å². The molecule has 0 unspecified atom stereocenters. The lowest BCUT2D eigenvalue weighted by molar-refractivity contribution is -0.142. The largest absolute Gasteiger partial charge is 0.444 e. The minimum absolute atomic E-state index is 0. The SMILES string of the molecule is C.CC(C)C1CCC(N2CCC3(CC2)C(=O)N(CCCS(=O)(=O)NC(=O)OCc2ccccc2)Cc2ccccc23)CC1.CC(C)C1CCC(N2CCC3(CC2)C(=O)N(CCCS(N)(=O)=O)Cc2ccccc23)CC1.CI. The summed E-state index contributed by atoms with van der Waals surface area (Å²) in [6.07, 6.45) is 13.2. The van der Waals surface area contributed by atoms with Gasteiger partial charge in [0.1, 0.15) is 6.61 Å². The van der Waals surface area contributed by atoms with Crippen LogP contribution in [0.3, 0.4) is 0 Å². The molecule has 2 saturated carbocycles. The van der Waals surface area contributed by atoms with Crippen LogP contribution in [0.4, 0.5) is 4.79 Å². The van der Waals surface area contributed by atoms with Gasteiger partial charge in [0.15, 0.2) is 0 Å². The predicted octanol–water partition coefficient (Wildman–Crippen LogP) is 10.2. The number of likely N-dealkylation sites (tertiary alicyclic amines) is 2. The molecule has 428 valence electrons. The van der Waals surface area contributed by atoms with Crippen LogP contribution in [0.15, 0.2) is 78.9 Å². The number of fused-ring (bicyclic) bond motifs is 4. The van der Waals surface area contributed by atoms with Gasteiger partial charge in [-0.15, -0.1) is 0 Å². The van der Waals surface area contributed by atoms with Crippen molar-refractivity contribution < 1.29 is 36.0 Å². The number of halogens is 1. The Labute approximate surface area is 476 Å². The third-order valence-corrected chi connectivity index (χ3v) is 20.2. The van der Waals surface area contributed by atoms with Gasteiger partial charge in [0.2, 0.25) is 31.9 Å². The number of amides is 3. The number of primary sulfonamides is 1. The van der Waals surface area contributed by atoms with E-state index >= 15 is 0 Å². The fourth-order valence-corrected chi connectivity index (χ4v) is 15.1. The molecule has 4 heterocycles. The number of rotatable bonds is 15. The van der Waals surface area contributed by atoms with Crippen LogP contribution in [-0.4, -0.2) is 122 Å². The number of nitrogens with zero attached hydrogens (tertiary/aromatic N) is 4. The Bertz CT molecular complexity index is 2610. The molecule has 4 fully saturated rings. The molecule has 3 aromatic carbocycles. The number of carbonyl (C=O) groups excluding carboxylic acids is 3. The fraction of sp³-hybridized carbons (Fsp3) is 0.650. The van der Waals surface area contributed by atoms with Crippen molar-refractivity contribution in [2.24, 2.45) is 28.8 Å². The summed E-state index contributed by atoms with van der Waals surface area (Å²) in [5.41, 5.74) is 4.43. The number of benzene rings is 3. The lowest BCUT2D eigenvalue weighted by atomic mass is 9.67. The molecule has 17 heteroatoms. The molecule has 2 spiro atoms. The van der Waals surface area contributed by atoms with Crippen molar-refractivity contribution in [2.45, 2.75) is 168 Å². The van der Waals surface area contributed by atoms with Gasteiger partial charge in [-0.05, 0) is 172 Å². The van der Waals surface area contributed by atoms with E-state index < -0.39 is 37.0 Å². The molecule has 77 heavy (non-hydrogen) atoms. The van der Waals surface area contributed by atoms with Crippen molar-refractivity contribution in [1.29, 1.82) is 0 Å². The van der Waals surface area contributed by atoms with E-state index in [0.29, 0.717) is 44.7 Å². The lowest BCUT2D eigenvalue weighted by Crippen LogP contribution is -2.57. The molecule has 9 rings (SSSR count). The first-order valence-corrected chi connectivity index (χ1v) is 33.7. The first-order valence-electron chi connectivity index (χ1n) is 28.2. The number of ether oxygens (including phenoxy) is 1. The van der Waals surface area contributed by atoms with Gasteiger partial charge in [0.05, 0.1) is 22.3 Å². The first-order chi connectivity index (χ1) is 36.4. The minimum atomic E-state index is -3.90. The standard InChI is InChI=1S/C33H45N3O5S.C25H39N3O3S.CH3I.CH4/c1-25(2)27-13-15-29(16-14-27)35-20-17-33(18-21-35)30-12-7-6-11-28(30)23-36(31(33)37)19-8-22-42(39,40)34-32(38)41-24-26-9-4-3-5-10-26;1-19(2)20-8-10-22(11-9-20)27-15-12-25(13-16-27)23-7-4-3-6-21(23)18-28(24(25)29)14-5-17-32(26,30)31;1-2;/h3-7,9-12,25,27,29H,8,13-24H2,1-2H3,(H,34,38);3-4,6-7,19-20,22H,5,8-18H2,1-2H3,(H2,26,30,31);1H3;1H4. The van der Waals surface area contributed by atoms with Crippen molar-refractivity contribution in [1.82, 2.24) is 24.3 Å². The maximum Gasteiger partial charge on any atom is 0.421 e. The summed E-state index contributed by atoms with van der Waals surface area (Å²) in [7, 11) is -7.41. The van der Waals surface area contributed by atoms with E-state index in [1.54, 1.807) is 12.1 Å². The van der Waals surface area contributed by atoms with E-state index in [1.807, 2.05) is 61.9 Å². The summed E-state index contributed by atoms with van der Waals surface area (Å²) in [6.45, 7) is 14.9. The molecule has 0 aromatic heterocycles. The molecule has 3 aromatic rings. The van der Waals surface area contributed by atoms with Crippen molar-refractivity contribution in [2.75, 3.05) is 55.7 Å². The lowest BCUT2D eigenvalue weighted by Gasteiger charge is -2.49. The average Bonchev–Trinajstić information content (AvgIpc) is 3.46. The summed E-state index contributed by atoms with van der Waals surface area (Å²) in [6, 6.07) is 26.9. The smallest absolute Gasteiger partial charge is 0.421 e. The Hall–Kier alpha value is -3.62. The minimum Gasteiger partial charge on any atom is -0.444 e. The molecule has 3 amide bonds. The van der Waals surface area contributed by atoms with E-state index in [0.717, 1.165) is 92.2 Å². The third kappa shape index (κ3) is 15.9. The molecular weight excluding hydrogens is 1120 g/mol. The molecule has 0 atom stereocenters. The summed E-state index contributed by atoms with van der Waals surface area (Å²) >= 11 is 2.15. The highest BCUT2D eigenvalue weighted by Gasteiger charge is 2.51. The highest BCUT2D eigenvalue weighted by Crippen LogP contribution is 2.46. The maximum atomic E-state index is 14.1. The highest BCUT2D eigenvalue weighted by atomic mass is 127. The monoisotopic (exact) mass is 1210 g/mol. The maximum absolute atomic E-state index is 14.1. The van der Waals surface area contributed by atoms with Gasteiger partial charge in [-0.25, -0.2) is 31.5 Å². The van der Waals surface area contributed by atoms with Gasteiger partial charge < -0.3 is 24.3 Å². The number of nitrogens with one attached hydrogen (secondary N) is 1. The van der Waals surface area contributed by atoms with Gasteiger partial charge in [-0.3, -0.25) is 9.59 Å². The second-order valence-electron chi connectivity index (χ2n) is 23.2. The Morgan fingerprint density at radius 2 is 1.01 bits per heavy atom. The number of hydrogen-bond acceptors (Lipinski definition) is 10. The summed E-state index contributed by atoms with van der Waals surface area (Å²) in [4.78, 5) is 50.9. The predicted molar refractivity (Wildman–Crippen MR) is 317 cm³/mol. The van der Waals surface area contributed by atoms with E-state index in [9.17, 15) is 31.2 Å². The second kappa shape index (κ2) is 28.2. The molecular formula is C60H91IN6O8S2. The van der Waals surface area contributed by atoms with Crippen molar-refractivity contribution in [3.05, 3.63) is 107 Å².